The van der Waals surface area contributed by atoms with E-state index in [2.05, 4.69) is 5.32 Å². The maximum atomic E-state index is 13.2. The molecule has 0 saturated carbocycles. The van der Waals surface area contributed by atoms with Crippen LogP contribution in [-0.4, -0.2) is 47.9 Å². The highest BCUT2D eigenvalue weighted by Gasteiger charge is 2.35. The van der Waals surface area contributed by atoms with Gasteiger partial charge in [0.25, 0.3) is 0 Å². The number of nitrogens with one attached hydrogen (secondary N) is 1. The Labute approximate surface area is 209 Å². The van der Waals surface area contributed by atoms with Crippen molar-refractivity contribution in [2.24, 2.45) is 4.99 Å². The Morgan fingerprint density at radius 3 is 2.46 bits per heavy atom. The fourth-order valence-corrected chi connectivity index (χ4v) is 4.76. The smallest absolute Gasteiger partial charge is 0.238 e. The summed E-state index contributed by atoms with van der Waals surface area (Å²) in [6.45, 7) is 0.466. The van der Waals surface area contributed by atoms with Gasteiger partial charge in [0.2, 0.25) is 11.8 Å². The molecule has 1 aliphatic rings. The fraction of sp³-hybridized carbons (Fsp3) is 0.222. The molecule has 0 aliphatic carbocycles. The van der Waals surface area contributed by atoms with E-state index in [9.17, 15) is 9.59 Å². The minimum Gasteiger partial charge on any atom is -0.497 e. The second-order valence-electron chi connectivity index (χ2n) is 7.91. The number of methoxy groups -OCH3 is 2. The molecule has 7 nitrogen and oxygen atoms in total. The van der Waals surface area contributed by atoms with Crippen molar-refractivity contribution in [1.82, 2.24) is 4.90 Å². The van der Waals surface area contributed by atoms with E-state index in [4.69, 9.17) is 14.5 Å². The predicted molar refractivity (Wildman–Crippen MR) is 140 cm³/mol. The standard InChI is InChI=1S/C27H27N3O4S/c1-33-22-13-11-19(12-14-22)15-16-30-25(31)18-24(35-27(30)29-20-7-4-3-5-8-20)26(32)28-21-9-6-10-23(17-21)34-2/h3-14,17,24H,15-16,18H2,1-2H3,(H,28,32). The van der Waals surface area contributed by atoms with E-state index in [1.54, 1.807) is 43.4 Å². The quantitative estimate of drug-likeness (QED) is 0.487. The first kappa shape index (κ1) is 24.3. The average molecular weight is 490 g/mol. The number of carbonyl (C=O) groups is 2. The van der Waals surface area contributed by atoms with Crippen LogP contribution in [0.5, 0.6) is 11.5 Å². The van der Waals surface area contributed by atoms with Gasteiger partial charge in [-0.2, -0.15) is 0 Å². The van der Waals surface area contributed by atoms with Crippen LogP contribution in [0.15, 0.2) is 83.9 Å². The number of hydrogen-bond donors (Lipinski definition) is 1. The molecule has 0 radical (unpaired) electrons. The zero-order valence-electron chi connectivity index (χ0n) is 19.6. The molecule has 0 bridgehead atoms. The SMILES string of the molecule is COc1ccc(CCN2C(=O)CC(C(=O)Nc3cccc(OC)c3)SC2=Nc2ccccc2)cc1. The van der Waals surface area contributed by atoms with Crippen molar-refractivity contribution in [2.45, 2.75) is 18.1 Å². The minimum atomic E-state index is -0.589. The zero-order valence-corrected chi connectivity index (χ0v) is 20.5. The van der Waals surface area contributed by atoms with E-state index in [1.165, 1.54) is 11.8 Å². The lowest BCUT2D eigenvalue weighted by Crippen LogP contribution is -2.46. The number of aliphatic imine (C=N–C) groups is 1. The highest BCUT2D eigenvalue weighted by atomic mass is 32.2. The van der Waals surface area contributed by atoms with Crippen molar-refractivity contribution < 1.29 is 19.1 Å². The summed E-state index contributed by atoms with van der Waals surface area (Å²) in [7, 11) is 3.20. The molecule has 35 heavy (non-hydrogen) atoms. The van der Waals surface area contributed by atoms with Gasteiger partial charge in [-0.3, -0.25) is 14.5 Å². The molecule has 1 N–H and O–H groups in total. The number of carbonyl (C=O) groups excluding carboxylic acids is 2. The maximum absolute atomic E-state index is 13.2. The average Bonchev–Trinajstić information content (AvgIpc) is 2.89. The Bertz CT molecular complexity index is 1200. The van der Waals surface area contributed by atoms with Gasteiger partial charge in [-0.15, -0.1) is 0 Å². The zero-order chi connectivity index (χ0) is 24.6. The lowest BCUT2D eigenvalue weighted by atomic mass is 10.1. The number of hydrogen-bond acceptors (Lipinski definition) is 6. The third-order valence-corrected chi connectivity index (χ3v) is 6.72. The van der Waals surface area contributed by atoms with Crippen LogP contribution in [0.1, 0.15) is 12.0 Å². The number of para-hydroxylation sites is 1. The molecule has 1 saturated heterocycles. The van der Waals surface area contributed by atoms with Crippen molar-refractivity contribution in [2.75, 3.05) is 26.1 Å². The summed E-state index contributed by atoms with van der Waals surface area (Å²) in [5.74, 6) is 1.06. The Kier molecular flexibility index (Phi) is 8.05. The summed E-state index contributed by atoms with van der Waals surface area (Å²) in [6.07, 6.45) is 0.752. The number of benzene rings is 3. The molecule has 3 aromatic carbocycles. The van der Waals surface area contributed by atoms with Gasteiger partial charge in [-0.1, -0.05) is 48.2 Å². The molecule has 180 valence electrons. The fourth-order valence-electron chi connectivity index (χ4n) is 3.63. The van der Waals surface area contributed by atoms with Crippen LogP contribution < -0.4 is 14.8 Å². The molecule has 3 aromatic rings. The Hall–Kier alpha value is -3.78. The summed E-state index contributed by atoms with van der Waals surface area (Å²) < 4.78 is 10.5. The van der Waals surface area contributed by atoms with E-state index in [1.807, 2.05) is 54.6 Å². The summed E-state index contributed by atoms with van der Waals surface area (Å²) in [6, 6.07) is 24.4. The molecule has 2 amide bonds. The molecule has 1 heterocycles. The highest BCUT2D eigenvalue weighted by Crippen LogP contribution is 2.30. The largest absolute Gasteiger partial charge is 0.497 e. The van der Waals surface area contributed by atoms with E-state index in [0.717, 1.165) is 17.0 Å². The van der Waals surface area contributed by atoms with Gasteiger partial charge in [0, 0.05) is 24.7 Å². The normalized spacial score (nSPS) is 16.7. The topological polar surface area (TPSA) is 80.2 Å². The van der Waals surface area contributed by atoms with E-state index < -0.39 is 5.25 Å². The van der Waals surface area contributed by atoms with E-state index in [-0.39, 0.29) is 18.2 Å². The monoisotopic (exact) mass is 489 g/mol. The molecule has 1 unspecified atom stereocenters. The van der Waals surface area contributed by atoms with Crippen molar-refractivity contribution in [3.8, 4) is 11.5 Å². The number of anilines is 1. The third kappa shape index (κ3) is 6.42. The molecule has 1 fully saturated rings. The Morgan fingerprint density at radius 2 is 1.74 bits per heavy atom. The number of amidine groups is 1. The molecule has 8 heteroatoms. The predicted octanol–water partition coefficient (Wildman–Crippen LogP) is 4.91. The number of ether oxygens (including phenoxy) is 2. The second kappa shape index (κ2) is 11.6. The van der Waals surface area contributed by atoms with E-state index >= 15 is 0 Å². The maximum Gasteiger partial charge on any atom is 0.238 e. The van der Waals surface area contributed by atoms with Gasteiger partial charge in [-0.05, 0) is 48.4 Å². The molecule has 1 aliphatic heterocycles. The second-order valence-corrected chi connectivity index (χ2v) is 9.08. The summed E-state index contributed by atoms with van der Waals surface area (Å²) in [5, 5.41) is 2.83. The molecule has 4 rings (SSSR count). The lowest BCUT2D eigenvalue weighted by Gasteiger charge is -2.32. The number of thioether (sulfide) groups is 1. The number of rotatable bonds is 8. The van der Waals surface area contributed by atoms with Gasteiger partial charge in [0.15, 0.2) is 5.17 Å². The molecule has 0 spiro atoms. The summed E-state index contributed by atoms with van der Waals surface area (Å²) in [5.41, 5.74) is 2.43. The van der Waals surface area contributed by atoms with Crippen molar-refractivity contribution in [1.29, 1.82) is 0 Å². The highest BCUT2D eigenvalue weighted by molar-refractivity contribution is 8.15. The van der Waals surface area contributed by atoms with Crippen LogP contribution in [0, 0.1) is 0 Å². The molecule has 1 atom stereocenters. The van der Waals surface area contributed by atoms with Crippen molar-refractivity contribution in [3.05, 3.63) is 84.4 Å². The molecular formula is C27H27N3O4S. The van der Waals surface area contributed by atoms with Crippen LogP contribution in [0.4, 0.5) is 11.4 Å². The van der Waals surface area contributed by atoms with Gasteiger partial charge < -0.3 is 14.8 Å². The first-order chi connectivity index (χ1) is 17.1. The van der Waals surface area contributed by atoms with Gasteiger partial charge in [0.05, 0.1) is 19.9 Å². The number of nitrogens with zero attached hydrogens (tertiary/aromatic N) is 2. The van der Waals surface area contributed by atoms with Crippen LogP contribution in [0.2, 0.25) is 0 Å². The number of amides is 2. The summed E-state index contributed by atoms with van der Waals surface area (Å²) in [4.78, 5) is 32.6. The minimum absolute atomic E-state index is 0.0941. The van der Waals surface area contributed by atoms with Gasteiger partial charge >= 0.3 is 0 Å². The Morgan fingerprint density at radius 1 is 1.00 bits per heavy atom. The summed E-state index contributed by atoms with van der Waals surface area (Å²) >= 11 is 1.31. The van der Waals surface area contributed by atoms with Gasteiger partial charge in [-0.25, -0.2) is 4.99 Å². The first-order valence-electron chi connectivity index (χ1n) is 11.2. The van der Waals surface area contributed by atoms with Crippen LogP contribution in [-0.2, 0) is 16.0 Å². The van der Waals surface area contributed by atoms with E-state index in [0.29, 0.717) is 29.6 Å². The molecular weight excluding hydrogens is 462 g/mol. The first-order valence-corrected chi connectivity index (χ1v) is 12.1. The molecule has 0 aromatic heterocycles. The van der Waals surface area contributed by atoms with Crippen molar-refractivity contribution in [3.63, 3.8) is 0 Å². The van der Waals surface area contributed by atoms with Crippen molar-refractivity contribution >= 4 is 40.1 Å². The third-order valence-electron chi connectivity index (χ3n) is 5.53. The Balaban J connectivity index is 1.51. The van der Waals surface area contributed by atoms with Gasteiger partial charge in [0.1, 0.15) is 16.7 Å². The lowest BCUT2D eigenvalue weighted by molar-refractivity contribution is -0.129. The van der Waals surface area contributed by atoms with Crippen LogP contribution in [0.25, 0.3) is 0 Å². The van der Waals surface area contributed by atoms with Crippen LogP contribution >= 0.6 is 11.8 Å². The van der Waals surface area contributed by atoms with Crippen LogP contribution in [0.3, 0.4) is 0 Å².